The van der Waals surface area contributed by atoms with Crippen LogP contribution in [0, 0.1) is 11.6 Å². The van der Waals surface area contributed by atoms with Gasteiger partial charge in [0.15, 0.2) is 0 Å². The van der Waals surface area contributed by atoms with Crippen molar-refractivity contribution in [2.45, 2.75) is 12.5 Å². The third kappa shape index (κ3) is 3.44. The molecular formula is C14H10Cl2F2O. The lowest BCUT2D eigenvalue weighted by atomic mass is 10.0. The van der Waals surface area contributed by atoms with E-state index in [0.717, 1.165) is 6.07 Å². The van der Waals surface area contributed by atoms with Crippen molar-refractivity contribution in [1.29, 1.82) is 0 Å². The number of aliphatic hydroxyl groups excluding tert-OH is 1. The molecule has 0 aliphatic rings. The Kier molecular flexibility index (Phi) is 4.40. The summed E-state index contributed by atoms with van der Waals surface area (Å²) in [6.45, 7) is 0. The maximum atomic E-state index is 13.6. The first-order valence-electron chi connectivity index (χ1n) is 5.54. The molecule has 5 heteroatoms. The van der Waals surface area contributed by atoms with Gasteiger partial charge in [0.05, 0.1) is 6.10 Å². The van der Waals surface area contributed by atoms with Crippen LogP contribution in [0.3, 0.4) is 0 Å². The molecule has 0 amide bonds. The van der Waals surface area contributed by atoms with Gasteiger partial charge in [-0.05, 0) is 35.9 Å². The van der Waals surface area contributed by atoms with Gasteiger partial charge in [0.25, 0.3) is 0 Å². The minimum Gasteiger partial charge on any atom is -0.388 e. The second-order valence-corrected chi connectivity index (χ2v) is 4.99. The highest BCUT2D eigenvalue weighted by Gasteiger charge is 2.16. The fraction of sp³-hybridized carbons (Fsp3) is 0.143. The number of hydrogen-bond donors (Lipinski definition) is 1. The molecule has 1 N–H and O–H groups in total. The number of halogens is 4. The predicted octanol–water partition coefficient (Wildman–Crippen LogP) is 4.55. The zero-order chi connectivity index (χ0) is 14.0. The number of aliphatic hydroxyl groups is 1. The summed E-state index contributed by atoms with van der Waals surface area (Å²) >= 11 is 11.4. The second kappa shape index (κ2) is 5.87. The monoisotopic (exact) mass is 302 g/mol. The number of benzene rings is 2. The third-order valence-electron chi connectivity index (χ3n) is 2.74. The van der Waals surface area contributed by atoms with E-state index >= 15 is 0 Å². The van der Waals surface area contributed by atoms with Crippen LogP contribution in [0.25, 0.3) is 0 Å². The lowest BCUT2D eigenvalue weighted by Gasteiger charge is -2.13. The highest BCUT2D eigenvalue weighted by Crippen LogP contribution is 2.25. The Morgan fingerprint density at radius 2 is 1.58 bits per heavy atom. The van der Waals surface area contributed by atoms with Crippen LogP contribution in [0.5, 0.6) is 0 Å². The van der Waals surface area contributed by atoms with Crippen LogP contribution in [-0.4, -0.2) is 5.11 Å². The molecule has 0 spiro atoms. The van der Waals surface area contributed by atoms with Crippen molar-refractivity contribution in [3.05, 3.63) is 69.2 Å². The topological polar surface area (TPSA) is 20.2 Å². The first-order valence-corrected chi connectivity index (χ1v) is 6.30. The van der Waals surface area contributed by atoms with E-state index in [-0.39, 0.29) is 22.6 Å². The van der Waals surface area contributed by atoms with Crippen LogP contribution < -0.4 is 0 Å². The van der Waals surface area contributed by atoms with E-state index in [1.807, 2.05) is 0 Å². The first kappa shape index (κ1) is 14.3. The van der Waals surface area contributed by atoms with Crippen LogP contribution in [-0.2, 0) is 6.42 Å². The normalized spacial score (nSPS) is 12.5. The van der Waals surface area contributed by atoms with Gasteiger partial charge in [-0.1, -0.05) is 29.3 Å². The quantitative estimate of drug-likeness (QED) is 0.882. The zero-order valence-corrected chi connectivity index (χ0v) is 11.2. The summed E-state index contributed by atoms with van der Waals surface area (Å²) in [5.74, 6) is -1.11. The molecule has 0 saturated heterocycles. The Morgan fingerprint density at radius 1 is 0.947 bits per heavy atom. The van der Waals surface area contributed by atoms with E-state index in [9.17, 15) is 13.9 Å². The molecule has 2 aromatic carbocycles. The minimum atomic E-state index is -1.16. The molecule has 2 aromatic rings. The van der Waals surface area contributed by atoms with E-state index in [0.29, 0.717) is 5.02 Å². The summed E-state index contributed by atoms with van der Waals surface area (Å²) in [4.78, 5) is 0. The van der Waals surface area contributed by atoms with Gasteiger partial charge in [-0.25, -0.2) is 8.78 Å². The van der Waals surface area contributed by atoms with Crippen molar-refractivity contribution in [2.75, 3.05) is 0 Å². The van der Waals surface area contributed by atoms with Gasteiger partial charge in [0.2, 0.25) is 0 Å². The van der Waals surface area contributed by atoms with Gasteiger partial charge in [-0.15, -0.1) is 0 Å². The van der Waals surface area contributed by atoms with Crippen molar-refractivity contribution >= 4 is 23.2 Å². The van der Waals surface area contributed by atoms with Gasteiger partial charge in [-0.3, -0.25) is 0 Å². The number of rotatable bonds is 3. The summed E-state index contributed by atoms with van der Waals surface area (Å²) in [7, 11) is 0. The molecule has 2 rings (SSSR count). The Morgan fingerprint density at radius 3 is 2.26 bits per heavy atom. The Labute approximate surface area is 119 Å². The van der Waals surface area contributed by atoms with Crippen LogP contribution >= 0.6 is 23.2 Å². The largest absolute Gasteiger partial charge is 0.388 e. The lowest BCUT2D eigenvalue weighted by molar-refractivity contribution is 0.172. The van der Waals surface area contributed by atoms with Gasteiger partial charge in [-0.2, -0.15) is 0 Å². The smallest absolute Gasteiger partial charge is 0.130 e. The molecule has 1 unspecified atom stereocenters. The summed E-state index contributed by atoms with van der Waals surface area (Å²) in [6, 6.07) is 7.99. The van der Waals surface area contributed by atoms with Crippen LogP contribution in [0.2, 0.25) is 10.0 Å². The zero-order valence-electron chi connectivity index (χ0n) is 9.71. The lowest BCUT2D eigenvalue weighted by Crippen LogP contribution is -2.05. The maximum absolute atomic E-state index is 13.6. The second-order valence-electron chi connectivity index (χ2n) is 4.12. The molecule has 100 valence electrons. The SMILES string of the molecule is OC(Cc1cc(Cl)ccc1F)c1ccc(Cl)cc1F. The van der Waals surface area contributed by atoms with E-state index < -0.39 is 17.7 Å². The van der Waals surface area contributed by atoms with Gasteiger partial charge in [0, 0.05) is 22.0 Å². The molecule has 1 nitrogen and oxygen atoms in total. The van der Waals surface area contributed by atoms with E-state index in [1.165, 1.54) is 30.3 Å². The fourth-order valence-corrected chi connectivity index (χ4v) is 2.14. The van der Waals surface area contributed by atoms with Crippen molar-refractivity contribution < 1.29 is 13.9 Å². The van der Waals surface area contributed by atoms with Gasteiger partial charge < -0.3 is 5.11 Å². The summed E-state index contributed by atoms with van der Waals surface area (Å²) < 4.78 is 27.1. The minimum absolute atomic E-state index is 0.0645. The van der Waals surface area contributed by atoms with E-state index in [2.05, 4.69) is 0 Å². The van der Waals surface area contributed by atoms with Gasteiger partial charge in [0.1, 0.15) is 11.6 Å². The maximum Gasteiger partial charge on any atom is 0.130 e. The Hall–Kier alpha value is -1.16. The van der Waals surface area contributed by atoms with Crippen molar-refractivity contribution in [3.63, 3.8) is 0 Å². The number of hydrogen-bond acceptors (Lipinski definition) is 1. The van der Waals surface area contributed by atoms with Crippen molar-refractivity contribution in [1.82, 2.24) is 0 Å². The summed E-state index contributed by atoms with van der Waals surface area (Å²) in [6.07, 6.45) is -1.23. The van der Waals surface area contributed by atoms with Crippen LogP contribution in [0.1, 0.15) is 17.2 Å². The molecule has 0 saturated carbocycles. The average Bonchev–Trinajstić information content (AvgIpc) is 2.33. The first-order chi connectivity index (χ1) is 8.97. The highest BCUT2D eigenvalue weighted by molar-refractivity contribution is 6.30. The average molecular weight is 303 g/mol. The molecule has 19 heavy (non-hydrogen) atoms. The van der Waals surface area contributed by atoms with Crippen LogP contribution in [0.4, 0.5) is 8.78 Å². The Bertz CT molecular complexity index is 602. The van der Waals surface area contributed by atoms with Crippen molar-refractivity contribution in [2.24, 2.45) is 0 Å². The third-order valence-corrected chi connectivity index (χ3v) is 3.21. The molecule has 0 aliphatic heterocycles. The molecule has 0 fully saturated rings. The Balaban J connectivity index is 2.25. The van der Waals surface area contributed by atoms with E-state index in [1.54, 1.807) is 0 Å². The molecule has 0 heterocycles. The molecule has 0 bridgehead atoms. The van der Waals surface area contributed by atoms with Gasteiger partial charge >= 0.3 is 0 Å². The predicted molar refractivity (Wildman–Crippen MR) is 71.5 cm³/mol. The summed E-state index contributed by atoms with van der Waals surface area (Å²) in [5, 5.41) is 10.6. The fourth-order valence-electron chi connectivity index (χ4n) is 1.79. The van der Waals surface area contributed by atoms with E-state index in [4.69, 9.17) is 23.2 Å². The van der Waals surface area contributed by atoms with Crippen molar-refractivity contribution in [3.8, 4) is 0 Å². The molecular weight excluding hydrogens is 293 g/mol. The highest BCUT2D eigenvalue weighted by atomic mass is 35.5. The molecule has 0 aromatic heterocycles. The summed E-state index contributed by atoms with van der Waals surface area (Å²) in [5.41, 5.74) is 0.304. The van der Waals surface area contributed by atoms with Crippen LogP contribution in [0.15, 0.2) is 36.4 Å². The molecule has 1 atom stereocenters. The molecule has 0 radical (unpaired) electrons. The molecule has 0 aliphatic carbocycles. The standard InChI is InChI=1S/C14H10Cl2F2O/c15-9-2-4-12(17)8(5-9)6-14(19)11-3-1-10(16)7-13(11)18/h1-5,7,14,19H,6H2.